The number of carbonyl (C=O) groups is 2. The van der Waals surface area contributed by atoms with E-state index >= 15 is 0 Å². The highest BCUT2D eigenvalue weighted by molar-refractivity contribution is 7.98. The van der Waals surface area contributed by atoms with Crippen molar-refractivity contribution >= 4 is 29.4 Å². The number of anilines is 1. The lowest BCUT2D eigenvalue weighted by Gasteiger charge is -2.31. The van der Waals surface area contributed by atoms with Crippen LogP contribution in [-0.2, 0) is 9.53 Å². The first-order chi connectivity index (χ1) is 10.6. The molecule has 120 valence electrons. The van der Waals surface area contributed by atoms with Gasteiger partial charge in [-0.05, 0) is 44.2 Å². The van der Waals surface area contributed by atoms with Gasteiger partial charge in [0, 0.05) is 23.7 Å². The molecule has 5 nitrogen and oxygen atoms in total. The Labute approximate surface area is 135 Å². The van der Waals surface area contributed by atoms with Gasteiger partial charge in [-0.25, -0.2) is 4.79 Å². The quantitative estimate of drug-likeness (QED) is 0.683. The van der Waals surface area contributed by atoms with Gasteiger partial charge in [-0.1, -0.05) is 6.07 Å². The van der Waals surface area contributed by atoms with E-state index in [0.29, 0.717) is 19.7 Å². The van der Waals surface area contributed by atoms with Crippen LogP contribution in [-0.4, -0.2) is 42.9 Å². The average molecular weight is 322 g/mol. The van der Waals surface area contributed by atoms with Crippen molar-refractivity contribution in [3.05, 3.63) is 24.3 Å². The molecule has 1 aliphatic rings. The zero-order chi connectivity index (χ0) is 15.9. The molecule has 6 heteroatoms. The molecule has 0 radical (unpaired) electrons. The first-order valence-electron chi connectivity index (χ1n) is 7.50. The van der Waals surface area contributed by atoms with Crippen molar-refractivity contribution in [2.24, 2.45) is 5.92 Å². The Morgan fingerprint density at radius 2 is 2.27 bits per heavy atom. The Bertz CT molecular complexity index is 536. The number of hydrogen-bond donors (Lipinski definition) is 1. The number of carbonyl (C=O) groups excluding carboxylic acids is 2. The maximum Gasteiger partial charge on any atom is 0.321 e. The molecule has 0 aliphatic carbocycles. The van der Waals surface area contributed by atoms with Crippen LogP contribution in [0.2, 0.25) is 0 Å². The number of rotatable bonds is 4. The van der Waals surface area contributed by atoms with Crippen molar-refractivity contribution in [2.45, 2.75) is 24.7 Å². The zero-order valence-corrected chi connectivity index (χ0v) is 13.8. The van der Waals surface area contributed by atoms with E-state index in [-0.39, 0.29) is 17.9 Å². The fourth-order valence-electron chi connectivity index (χ4n) is 2.52. The third-order valence-electron chi connectivity index (χ3n) is 3.65. The van der Waals surface area contributed by atoms with Gasteiger partial charge in [0.15, 0.2) is 0 Å². The number of esters is 1. The lowest BCUT2D eigenvalue weighted by atomic mass is 9.98. The van der Waals surface area contributed by atoms with Gasteiger partial charge in [0.2, 0.25) is 0 Å². The Kier molecular flexibility index (Phi) is 6.12. The van der Waals surface area contributed by atoms with E-state index in [1.54, 1.807) is 23.6 Å². The van der Waals surface area contributed by atoms with E-state index in [1.165, 1.54) is 0 Å². The second-order valence-electron chi connectivity index (χ2n) is 5.20. The molecular formula is C16H22N2O3S. The normalized spacial score (nSPS) is 17.9. The van der Waals surface area contributed by atoms with Crippen LogP contribution >= 0.6 is 11.8 Å². The van der Waals surface area contributed by atoms with Crippen molar-refractivity contribution in [1.29, 1.82) is 0 Å². The molecule has 0 saturated carbocycles. The van der Waals surface area contributed by atoms with Gasteiger partial charge in [-0.3, -0.25) is 4.79 Å². The van der Waals surface area contributed by atoms with Crippen molar-refractivity contribution in [2.75, 3.05) is 31.3 Å². The van der Waals surface area contributed by atoms with Crippen LogP contribution in [0.4, 0.5) is 10.5 Å². The molecule has 1 aromatic carbocycles. The Hall–Kier alpha value is -1.69. The molecule has 2 rings (SSSR count). The summed E-state index contributed by atoms with van der Waals surface area (Å²) in [5, 5.41) is 2.90. The summed E-state index contributed by atoms with van der Waals surface area (Å²) in [4.78, 5) is 27.0. The van der Waals surface area contributed by atoms with Gasteiger partial charge in [0.1, 0.15) is 0 Å². The third-order valence-corrected chi connectivity index (χ3v) is 4.37. The van der Waals surface area contributed by atoms with Crippen LogP contribution in [0.3, 0.4) is 0 Å². The SMILES string of the molecule is CCOC(=O)C1CCCN(C(=O)Nc2cccc(SC)c2)C1. The minimum Gasteiger partial charge on any atom is -0.466 e. The Morgan fingerprint density at radius 1 is 1.45 bits per heavy atom. The monoisotopic (exact) mass is 322 g/mol. The predicted molar refractivity (Wildman–Crippen MR) is 88.2 cm³/mol. The van der Waals surface area contributed by atoms with Gasteiger partial charge >= 0.3 is 12.0 Å². The largest absolute Gasteiger partial charge is 0.466 e. The summed E-state index contributed by atoms with van der Waals surface area (Å²) in [5.41, 5.74) is 0.773. The molecule has 1 aliphatic heterocycles. The van der Waals surface area contributed by atoms with Crippen molar-refractivity contribution in [1.82, 2.24) is 4.90 Å². The number of amides is 2. The number of urea groups is 1. The van der Waals surface area contributed by atoms with Crippen molar-refractivity contribution < 1.29 is 14.3 Å². The number of benzene rings is 1. The summed E-state index contributed by atoms with van der Waals surface area (Å²) in [6.45, 7) is 3.27. The number of likely N-dealkylation sites (tertiary alicyclic amines) is 1. The molecule has 0 spiro atoms. The van der Waals surface area contributed by atoms with E-state index in [2.05, 4.69) is 5.32 Å². The van der Waals surface area contributed by atoms with Gasteiger partial charge in [-0.15, -0.1) is 11.8 Å². The van der Waals surface area contributed by atoms with E-state index < -0.39 is 0 Å². The molecule has 0 aromatic heterocycles. The minimum atomic E-state index is -0.211. The van der Waals surface area contributed by atoms with Crippen LogP contribution in [0.1, 0.15) is 19.8 Å². The van der Waals surface area contributed by atoms with Crippen molar-refractivity contribution in [3.8, 4) is 0 Å². The molecule has 1 unspecified atom stereocenters. The standard InChI is InChI=1S/C16H22N2O3S/c1-3-21-15(19)12-6-5-9-18(11-12)16(20)17-13-7-4-8-14(10-13)22-2/h4,7-8,10,12H,3,5-6,9,11H2,1-2H3,(H,17,20). The summed E-state index contributed by atoms with van der Waals surface area (Å²) in [6, 6.07) is 7.56. The number of piperidine rings is 1. The average Bonchev–Trinajstić information content (AvgIpc) is 2.55. The van der Waals surface area contributed by atoms with Gasteiger partial charge in [-0.2, -0.15) is 0 Å². The van der Waals surface area contributed by atoms with E-state index in [4.69, 9.17) is 4.74 Å². The molecule has 1 saturated heterocycles. The van der Waals surface area contributed by atoms with Crippen LogP contribution in [0.5, 0.6) is 0 Å². The van der Waals surface area contributed by atoms with Gasteiger partial charge in [0.05, 0.1) is 12.5 Å². The molecule has 22 heavy (non-hydrogen) atoms. The number of thioether (sulfide) groups is 1. The molecule has 0 bridgehead atoms. The van der Waals surface area contributed by atoms with Crippen LogP contribution in [0, 0.1) is 5.92 Å². The fourth-order valence-corrected chi connectivity index (χ4v) is 2.98. The second-order valence-corrected chi connectivity index (χ2v) is 6.08. The number of nitrogens with one attached hydrogen (secondary N) is 1. The third kappa shape index (κ3) is 4.40. The summed E-state index contributed by atoms with van der Waals surface area (Å²) in [7, 11) is 0. The van der Waals surface area contributed by atoms with E-state index in [0.717, 1.165) is 23.4 Å². The molecule has 2 amide bonds. The first-order valence-corrected chi connectivity index (χ1v) is 8.73. The zero-order valence-electron chi connectivity index (χ0n) is 13.0. The number of nitrogens with zero attached hydrogens (tertiary/aromatic N) is 1. The lowest BCUT2D eigenvalue weighted by Crippen LogP contribution is -2.44. The smallest absolute Gasteiger partial charge is 0.321 e. The second kappa shape index (κ2) is 8.08. The maximum atomic E-state index is 12.3. The highest BCUT2D eigenvalue weighted by Gasteiger charge is 2.29. The van der Waals surface area contributed by atoms with Crippen LogP contribution < -0.4 is 5.32 Å². The highest BCUT2D eigenvalue weighted by Crippen LogP contribution is 2.21. The minimum absolute atomic E-state index is 0.160. The fraction of sp³-hybridized carbons (Fsp3) is 0.500. The van der Waals surface area contributed by atoms with Crippen molar-refractivity contribution in [3.63, 3.8) is 0 Å². The molecule has 1 fully saturated rings. The summed E-state index contributed by atoms with van der Waals surface area (Å²) < 4.78 is 5.06. The van der Waals surface area contributed by atoms with E-state index in [9.17, 15) is 9.59 Å². The number of ether oxygens (including phenoxy) is 1. The molecular weight excluding hydrogens is 300 g/mol. The highest BCUT2D eigenvalue weighted by atomic mass is 32.2. The Morgan fingerprint density at radius 3 is 3.00 bits per heavy atom. The topological polar surface area (TPSA) is 58.6 Å². The molecule has 1 heterocycles. The number of hydrogen-bond acceptors (Lipinski definition) is 4. The summed E-state index contributed by atoms with van der Waals surface area (Å²) in [5.74, 6) is -0.415. The summed E-state index contributed by atoms with van der Waals surface area (Å²) in [6.07, 6.45) is 3.60. The Balaban J connectivity index is 1.95. The van der Waals surface area contributed by atoms with Gasteiger partial charge in [0.25, 0.3) is 0 Å². The lowest BCUT2D eigenvalue weighted by molar-refractivity contribution is -0.149. The molecule has 1 N–H and O–H groups in total. The molecule has 1 atom stereocenters. The predicted octanol–water partition coefficient (Wildman–Crippen LogP) is 3.22. The van der Waals surface area contributed by atoms with Gasteiger partial charge < -0.3 is 15.0 Å². The molecule has 1 aromatic rings. The first kappa shape index (κ1) is 16.7. The van der Waals surface area contributed by atoms with Crippen LogP contribution in [0.15, 0.2) is 29.2 Å². The summed E-state index contributed by atoms with van der Waals surface area (Å²) >= 11 is 1.63. The maximum absolute atomic E-state index is 12.3. The van der Waals surface area contributed by atoms with Crippen LogP contribution in [0.25, 0.3) is 0 Å². The van der Waals surface area contributed by atoms with E-state index in [1.807, 2.05) is 30.5 Å².